The van der Waals surface area contributed by atoms with E-state index >= 15 is 0 Å². The summed E-state index contributed by atoms with van der Waals surface area (Å²) in [7, 11) is -4.03. The van der Waals surface area contributed by atoms with Crippen LogP contribution in [0.25, 0.3) is 0 Å². The lowest BCUT2D eigenvalue weighted by Gasteiger charge is -2.30. The minimum Gasteiger partial charge on any atom is -0.347 e. The zero-order valence-electron chi connectivity index (χ0n) is 17.2. The van der Waals surface area contributed by atoms with Crippen LogP contribution in [-0.2, 0) is 21.0 Å². The van der Waals surface area contributed by atoms with Crippen molar-refractivity contribution < 1.29 is 26.4 Å². The molecule has 9 heteroatoms. The molecule has 0 aliphatic carbocycles. The Hall–Kier alpha value is -2.55. The predicted molar refractivity (Wildman–Crippen MR) is 111 cm³/mol. The van der Waals surface area contributed by atoms with Crippen LogP contribution < -0.4 is 9.62 Å². The third-order valence-electron chi connectivity index (χ3n) is 4.72. The molecule has 30 heavy (non-hydrogen) atoms. The van der Waals surface area contributed by atoms with Crippen LogP contribution in [0.5, 0.6) is 0 Å². The zero-order valence-corrected chi connectivity index (χ0v) is 18.0. The van der Waals surface area contributed by atoms with Crippen LogP contribution >= 0.6 is 0 Å². The molecule has 0 aliphatic rings. The molecule has 1 N–H and O–H groups in total. The number of nitrogens with one attached hydrogen (secondary N) is 1. The van der Waals surface area contributed by atoms with Crippen LogP contribution in [0.2, 0.25) is 0 Å². The van der Waals surface area contributed by atoms with Gasteiger partial charge in [0, 0.05) is 0 Å². The number of carbonyl (C=O) groups excluding carboxylic acids is 1. The standard InChI is InChI=1S/C21H25F3N2O3S/c1-5-19(16-11-9-14(2)10-12-16)25-20(27)15(3)26(30(4,28)29)18-8-6-7-17(13-18)21(22,23)24/h6-13,15,19H,5H2,1-4H3,(H,25,27)/t15-,19-/m0/s1. The maximum absolute atomic E-state index is 13.1. The van der Waals surface area contributed by atoms with Crippen molar-refractivity contribution in [1.29, 1.82) is 0 Å². The van der Waals surface area contributed by atoms with E-state index in [0.717, 1.165) is 35.6 Å². The Bertz CT molecular complexity index is 989. The average molecular weight is 443 g/mol. The summed E-state index contributed by atoms with van der Waals surface area (Å²) in [6, 6.07) is 9.86. The van der Waals surface area contributed by atoms with Gasteiger partial charge < -0.3 is 5.32 Å². The summed E-state index contributed by atoms with van der Waals surface area (Å²) >= 11 is 0. The van der Waals surface area contributed by atoms with E-state index in [1.165, 1.54) is 13.0 Å². The maximum Gasteiger partial charge on any atom is 0.416 e. The van der Waals surface area contributed by atoms with Crippen molar-refractivity contribution >= 4 is 21.6 Å². The number of hydrogen-bond acceptors (Lipinski definition) is 3. The van der Waals surface area contributed by atoms with Gasteiger partial charge >= 0.3 is 6.18 Å². The highest BCUT2D eigenvalue weighted by molar-refractivity contribution is 7.92. The monoisotopic (exact) mass is 442 g/mol. The summed E-state index contributed by atoms with van der Waals surface area (Å²) in [6.07, 6.45) is -3.22. The Balaban J connectivity index is 2.34. The molecule has 2 aromatic carbocycles. The van der Waals surface area contributed by atoms with E-state index < -0.39 is 33.7 Å². The molecule has 2 rings (SSSR count). The summed E-state index contributed by atoms with van der Waals surface area (Å²) in [6.45, 7) is 5.15. The largest absolute Gasteiger partial charge is 0.416 e. The van der Waals surface area contributed by atoms with Gasteiger partial charge in [0.2, 0.25) is 15.9 Å². The van der Waals surface area contributed by atoms with Gasteiger partial charge in [-0.15, -0.1) is 0 Å². The molecule has 0 saturated heterocycles. The number of benzene rings is 2. The van der Waals surface area contributed by atoms with Gasteiger partial charge in [0.05, 0.1) is 23.5 Å². The van der Waals surface area contributed by atoms with Gasteiger partial charge in [-0.1, -0.05) is 42.8 Å². The second kappa shape index (κ2) is 9.07. The van der Waals surface area contributed by atoms with Crippen LogP contribution in [0.3, 0.4) is 0 Å². The number of rotatable bonds is 7. The smallest absolute Gasteiger partial charge is 0.347 e. The minimum atomic E-state index is -4.64. The van der Waals surface area contributed by atoms with Crippen molar-refractivity contribution in [2.75, 3.05) is 10.6 Å². The number of anilines is 1. The number of halogens is 3. The van der Waals surface area contributed by atoms with E-state index in [9.17, 15) is 26.4 Å². The molecule has 164 valence electrons. The molecular formula is C21H25F3N2O3S. The zero-order chi connectivity index (χ0) is 22.7. The Kier molecular flexibility index (Phi) is 7.18. The SMILES string of the molecule is CC[C@H](NC(=O)[C@H](C)N(c1cccc(C(F)(F)F)c1)S(C)(=O)=O)c1ccc(C)cc1. The van der Waals surface area contributed by atoms with Gasteiger partial charge in [0.25, 0.3) is 0 Å². The Morgan fingerprint density at radius 1 is 1.13 bits per heavy atom. The first-order chi connectivity index (χ1) is 13.8. The van der Waals surface area contributed by atoms with Crippen LogP contribution in [0.1, 0.15) is 43.0 Å². The highest BCUT2D eigenvalue weighted by atomic mass is 32.2. The quantitative estimate of drug-likeness (QED) is 0.690. The van der Waals surface area contributed by atoms with Gasteiger partial charge in [-0.25, -0.2) is 8.42 Å². The topological polar surface area (TPSA) is 66.5 Å². The summed E-state index contributed by atoms with van der Waals surface area (Å²) in [5.41, 5.74) is 0.695. The lowest BCUT2D eigenvalue weighted by atomic mass is 10.0. The molecule has 2 aromatic rings. The van der Waals surface area contributed by atoms with Gasteiger partial charge in [0.1, 0.15) is 6.04 Å². The van der Waals surface area contributed by atoms with E-state index in [-0.39, 0.29) is 11.7 Å². The molecule has 0 aromatic heterocycles. The minimum absolute atomic E-state index is 0.224. The predicted octanol–water partition coefficient (Wildman–Crippen LogP) is 4.44. The van der Waals surface area contributed by atoms with Crippen molar-refractivity contribution in [2.45, 2.75) is 45.5 Å². The Labute approximate surface area is 175 Å². The third-order valence-corrected chi connectivity index (χ3v) is 5.96. The Morgan fingerprint density at radius 3 is 2.23 bits per heavy atom. The number of aryl methyl sites for hydroxylation is 1. The number of alkyl halides is 3. The van der Waals surface area contributed by atoms with E-state index in [1.54, 1.807) is 0 Å². The second-order valence-electron chi connectivity index (χ2n) is 7.16. The average Bonchev–Trinajstić information content (AvgIpc) is 2.65. The van der Waals surface area contributed by atoms with Gasteiger partial charge in [-0.3, -0.25) is 9.10 Å². The number of carbonyl (C=O) groups is 1. The highest BCUT2D eigenvalue weighted by Crippen LogP contribution is 2.33. The first-order valence-electron chi connectivity index (χ1n) is 9.38. The Morgan fingerprint density at radius 2 is 1.73 bits per heavy atom. The summed E-state index contributed by atoms with van der Waals surface area (Å²) < 4.78 is 64.7. The fourth-order valence-corrected chi connectivity index (χ4v) is 4.31. The molecule has 0 aliphatic heterocycles. The molecule has 2 atom stereocenters. The molecule has 1 amide bonds. The van der Waals surface area contributed by atoms with E-state index in [2.05, 4.69) is 5.32 Å². The van der Waals surface area contributed by atoms with Gasteiger partial charge in [-0.05, 0) is 44.0 Å². The third kappa shape index (κ3) is 5.75. The second-order valence-corrected chi connectivity index (χ2v) is 9.02. The van der Waals surface area contributed by atoms with E-state index in [4.69, 9.17) is 0 Å². The molecule has 0 fully saturated rings. The number of sulfonamides is 1. The molecule has 0 unspecified atom stereocenters. The number of nitrogens with zero attached hydrogens (tertiary/aromatic N) is 1. The van der Waals surface area contributed by atoms with Gasteiger partial charge in [-0.2, -0.15) is 13.2 Å². The lowest BCUT2D eigenvalue weighted by Crippen LogP contribution is -2.48. The summed E-state index contributed by atoms with van der Waals surface area (Å²) in [5.74, 6) is -0.606. The summed E-state index contributed by atoms with van der Waals surface area (Å²) in [5, 5.41) is 2.80. The fourth-order valence-electron chi connectivity index (χ4n) is 3.14. The van der Waals surface area contributed by atoms with Crippen molar-refractivity contribution in [3.63, 3.8) is 0 Å². The molecule has 0 radical (unpaired) electrons. The first-order valence-corrected chi connectivity index (χ1v) is 11.2. The highest BCUT2D eigenvalue weighted by Gasteiger charge is 2.34. The van der Waals surface area contributed by atoms with Crippen LogP contribution in [0.4, 0.5) is 18.9 Å². The van der Waals surface area contributed by atoms with E-state index in [1.807, 2.05) is 38.1 Å². The molecule has 0 spiro atoms. The van der Waals surface area contributed by atoms with Crippen LogP contribution in [0, 0.1) is 6.92 Å². The van der Waals surface area contributed by atoms with Gasteiger partial charge in [0.15, 0.2) is 0 Å². The van der Waals surface area contributed by atoms with Crippen molar-refractivity contribution in [3.8, 4) is 0 Å². The number of amides is 1. The van der Waals surface area contributed by atoms with Crippen molar-refractivity contribution in [1.82, 2.24) is 5.32 Å². The molecule has 0 heterocycles. The molecule has 0 bridgehead atoms. The lowest BCUT2D eigenvalue weighted by molar-refractivity contribution is -0.137. The van der Waals surface area contributed by atoms with Crippen molar-refractivity contribution in [3.05, 3.63) is 65.2 Å². The maximum atomic E-state index is 13.1. The first kappa shape index (κ1) is 23.7. The van der Waals surface area contributed by atoms with Crippen LogP contribution in [-0.4, -0.2) is 26.6 Å². The summed E-state index contributed by atoms with van der Waals surface area (Å²) in [4.78, 5) is 12.9. The van der Waals surface area contributed by atoms with Crippen molar-refractivity contribution in [2.24, 2.45) is 0 Å². The molecule has 0 saturated carbocycles. The fraction of sp³-hybridized carbons (Fsp3) is 0.381. The van der Waals surface area contributed by atoms with E-state index in [0.29, 0.717) is 10.7 Å². The van der Waals surface area contributed by atoms with Crippen LogP contribution in [0.15, 0.2) is 48.5 Å². The molecule has 5 nitrogen and oxygen atoms in total. The molecular weight excluding hydrogens is 417 g/mol. The number of hydrogen-bond donors (Lipinski definition) is 1. The normalized spacial score (nSPS) is 14.1.